The van der Waals surface area contributed by atoms with Crippen molar-refractivity contribution in [3.05, 3.63) is 24.3 Å². The molecule has 0 aromatic heterocycles. The van der Waals surface area contributed by atoms with Gasteiger partial charge in [-0.15, -0.1) is 0 Å². The van der Waals surface area contributed by atoms with Gasteiger partial charge < -0.3 is 5.32 Å². The molecule has 0 radical (unpaired) electrons. The van der Waals surface area contributed by atoms with E-state index in [1.165, 1.54) is 0 Å². The zero-order valence-electron chi connectivity index (χ0n) is 12.5. The van der Waals surface area contributed by atoms with E-state index in [1.54, 1.807) is 26.0 Å². The normalized spacial score (nSPS) is 13.4. The molecule has 1 atom stereocenters. The topological polar surface area (TPSA) is 58.2 Å². The minimum atomic E-state index is -3.40. The molecular weight excluding hydrogens is 292 g/mol. The molecule has 0 aliphatic heterocycles. The van der Waals surface area contributed by atoms with E-state index in [-0.39, 0.29) is 6.04 Å². The summed E-state index contributed by atoms with van der Waals surface area (Å²) < 4.78 is 26.5. The number of rotatable bonds is 8. The lowest BCUT2D eigenvalue weighted by molar-refractivity contribution is 0.570. The number of hydrogen-bond donors (Lipinski definition) is 2. The minimum absolute atomic E-state index is 0.107. The van der Waals surface area contributed by atoms with E-state index in [1.807, 2.05) is 23.9 Å². The van der Waals surface area contributed by atoms with Crippen molar-refractivity contribution in [3.63, 3.8) is 0 Å². The summed E-state index contributed by atoms with van der Waals surface area (Å²) in [6, 6.07) is 7.15. The second-order valence-corrected chi connectivity index (χ2v) is 7.83. The molecule has 2 N–H and O–H groups in total. The first-order valence-electron chi connectivity index (χ1n) is 6.73. The van der Waals surface area contributed by atoms with E-state index in [2.05, 4.69) is 23.2 Å². The molecule has 0 saturated heterocycles. The van der Waals surface area contributed by atoms with Crippen molar-refractivity contribution in [2.24, 2.45) is 0 Å². The maximum atomic E-state index is 12.0. The lowest BCUT2D eigenvalue weighted by atomic mass is 10.2. The third-order valence-electron chi connectivity index (χ3n) is 2.72. The Morgan fingerprint density at radius 3 is 2.25 bits per heavy atom. The number of anilines is 1. The monoisotopic (exact) mass is 316 g/mol. The van der Waals surface area contributed by atoms with Crippen molar-refractivity contribution in [2.45, 2.75) is 44.2 Å². The van der Waals surface area contributed by atoms with Gasteiger partial charge in [0.25, 0.3) is 0 Å². The third-order valence-corrected chi connectivity index (χ3v) is 5.04. The van der Waals surface area contributed by atoms with Gasteiger partial charge in [-0.05, 0) is 63.5 Å². The fraction of sp³-hybridized carbons (Fsp3) is 0.571. The Hall–Kier alpha value is -0.720. The first-order valence-corrected chi connectivity index (χ1v) is 9.60. The average molecular weight is 316 g/mol. The van der Waals surface area contributed by atoms with Crippen LogP contribution in [0.15, 0.2) is 29.2 Å². The molecule has 0 fully saturated rings. The first kappa shape index (κ1) is 17.3. The molecule has 1 unspecified atom stereocenters. The predicted molar refractivity (Wildman–Crippen MR) is 88.0 cm³/mol. The van der Waals surface area contributed by atoms with Crippen LogP contribution >= 0.6 is 11.8 Å². The van der Waals surface area contributed by atoms with Gasteiger partial charge in [-0.1, -0.05) is 0 Å². The number of hydrogen-bond acceptors (Lipinski definition) is 4. The number of nitrogens with one attached hydrogen (secondary N) is 2. The zero-order chi connectivity index (χ0) is 15.2. The van der Waals surface area contributed by atoms with Gasteiger partial charge >= 0.3 is 0 Å². The van der Waals surface area contributed by atoms with Crippen LogP contribution in [0.4, 0.5) is 5.69 Å². The Balaban J connectivity index is 2.69. The standard InChI is InChI=1S/C14H24N2O2S2/c1-11(2)16-20(17,18)14-7-5-13(6-8-14)15-12(3)9-10-19-4/h5-8,11-12,15-16H,9-10H2,1-4H3. The van der Waals surface area contributed by atoms with Crippen LogP contribution < -0.4 is 10.0 Å². The summed E-state index contributed by atoms with van der Waals surface area (Å²) in [6.07, 6.45) is 3.17. The van der Waals surface area contributed by atoms with Gasteiger partial charge in [0.15, 0.2) is 0 Å². The molecule has 6 heteroatoms. The lowest BCUT2D eigenvalue weighted by Gasteiger charge is -2.15. The zero-order valence-corrected chi connectivity index (χ0v) is 14.1. The second kappa shape index (κ2) is 7.90. The van der Waals surface area contributed by atoms with E-state index < -0.39 is 10.0 Å². The van der Waals surface area contributed by atoms with E-state index in [9.17, 15) is 8.42 Å². The van der Waals surface area contributed by atoms with Gasteiger partial charge in [-0.2, -0.15) is 11.8 Å². The van der Waals surface area contributed by atoms with E-state index in [0.29, 0.717) is 10.9 Å². The summed E-state index contributed by atoms with van der Waals surface area (Å²) in [5.41, 5.74) is 0.946. The van der Waals surface area contributed by atoms with Crippen molar-refractivity contribution in [1.29, 1.82) is 0 Å². The van der Waals surface area contributed by atoms with Crippen molar-refractivity contribution in [3.8, 4) is 0 Å². The highest BCUT2D eigenvalue weighted by molar-refractivity contribution is 7.98. The molecule has 1 rings (SSSR count). The number of sulfonamides is 1. The maximum absolute atomic E-state index is 12.0. The van der Waals surface area contributed by atoms with Crippen LogP contribution in [0.2, 0.25) is 0 Å². The Bertz CT molecular complexity index is 498. The summed E-state index contributed by atoms with van der Waals surface area (Å²) >= 11 is 1.82. The summed E-state index contributed by atoms with van der Waals surface area (Å²) in [7, 11) is -3.40. The number of benzene rings is 1. The average Bonchev–Trinajstić information content (AvgIpc) is 2.35. The van der Waals surface area contributed by atoms with Crippen LogP contribution in [0.25, 0.3) is 0 Å². The van der Waals surface area contributed by atoms with Crippen LogP contribution in [-0.4, -0.2) is 32.5 Å². The highest BCUT2D eigenvalue weighted by Gasteiger charge is 2.14. The SMILES string of the molecule is CSCCC(C)Nc1ccc(S(=O)(=O)NC(C)C)cc1. The van der Waals surface area contributed by atoms with Crippen LogP contribution in [0, 0.1) is 0 Å². The van der Waals surface area contributed by atoms with Gasteiger partial charge in [0, 0.05) is 17.8 Å². The fourth-order valence-electron chi connectivity index (χ4n) is 1.76. The summed E-state index contributed by atoms with van der Waals surface area (Å²) in [4.78, 5) is 0.300. The molecule has 0 aliphatic rings. The van der Waals surface area contributed by atoms with Gasteiger partial charge in [-0.25, -0.2) is 13.1 Å². The van der Waals surface area contributed by atoms with Gasteiger partial charge in [0.1, 0.15) is 0 Å². The summed E-state index contributed by atoms with van der Waals surface area (Å²) in [5, 5.41) is 3.37. The quantitative estimate of drug-likeness (QED) is 0.774. The van der Waals surface area contributed by atoms with Crippen molar-refractivity contribution in [1.82, 2.24) is 4.72 Å². The highest BCUT2D eigenvalue weighted by Crippen LogP contribution is 2.16. The summed E-state index contributed by atoms with van der Waals surface area (Å²) in [6.45, 7) is 5.74. The van der Waals surface area contributed by atoms with Gasteiger partial charge in [-0.3, -0.25) is 0 Å². The molecule has 0 heterocycles. The Morgan fingerprint density at radius 1 is 1.15 bits per heavy atom. The van der Waals surface area contributed by atoms with E-state index >= 15 is 0 Å². The predicted octanol–water partition coefficient (Wildman–Crippen LogP) is 2.93. The van der Waals surface area contributed by atoms with Crippen LogP contribution in [0.3, 0.4) is 0 Å². The molecule has 4 nitrogen and oxygen atoms in total. The highest BCUT2D eigenvalue weighted by atomic mass is 32.2. The minimum Gasteiger partial charge on any atom is -0.383 e. The molecule has 0 spiro atoms. The largest absolute Gasteiger partial charge is 0.383 e. The van der Waals surface area contributed by atoms with Crippen molar-refractivity contribution < 1.29 is 8.42 Å². The van der Waals surface area contributed by atoms with Crippen LogP contribution in [0.5, 0.6) is 0 Å². The molecule has 0 amide bonds. The van der Waals surface area contributed by atoms with Gasteiger partial charge in [0.05, 0.1) is 4.90 Å². The molecule has 0 saturated carbocycles. The van der Waals surface area contributed by atoms with Crippen molar-refractivity contribution in [2.75, 3.05) is 17.3 Å². The van der Waals surface area contributed by atoms with Gasteiger partial charge in [0.2, 0.25) is 10.0 Å². The Kier molecular flexibility index (Phi) is 6.85. The Labute approximate surface area is 126 Å². The first-order chi connectivity index (χ1) is 9.35. The second-order valence-electron chi connectivity index (χ2n) is 5.13. The molecule has 114 valence electrons. The molecular formula is C14H24N2O2S2. The van der Waals surface area contributed by atoms with E-state index in [0.717, 1.165) is 17.9 Å². The molecule has 1 aromatic rings. The summed E-state index contributed by atoms with van der Waals surface area (Å²) in [5.74, 6) is 1.11. The Morgan fingerprint density at radius 2 is 1.75 bits per heavy atom. The molecule has 0 bridgehead atoms. The fourth-order valence-corrected chi connectivity index (χ4v) is 3.60. The van der Waals surface area contributed by atoms with Crippen LogP contribution in [0.1, 0.15) is 27.2 Å². The maximum Gasteiger partial charge on any atom is 0.240 e. The number of thioether (sulfide) groups is 1. The van der Waals surface area contributed by atoms with Crippen molar-refractivity contribution >= 4 is 27.5 Å². The van der Waals surface area contributed by atoms with Crippen LogP contribution in [-0.2, 0) is 10.0 Å². The smallest absolute Gasteiger partial charge is 0.240 e. The third kappa shape index (κ3) is 5.73. The molecule has 20 heavy (non-hydrogen) atoms. The van der Waals surface area contributed by atoms with E-state index in [4.69, 9.17) is 0 Å². The molecule has 1 aromatic carbocycles. The lowest BCUT2D eigenvalue weighted by Crippen LogP contribution is -2.30. The molecule has 0 aliphatic carbocycles.